The largest absolute Gasteiger partial charge is 0.478 e. The van der Waals surface area contributed by atoms with Crippen LogP contribution in [0.25, 0.3) is 0 Å². The van der Waals surface area contributed by atoms with Gasteiger partial charge in [0.1, 0.15) is 0 Å². The van der Waals surface area contributed by atoms with E-state index in [9.17, 15) is 4.79 Å². The number of hydrogen-bond acceptors (Lipinski definition) is 1. The normalized spacial score (nSPS) is 19.1. The molecule has 0 aromatic heterocycles. The highest BCUT2D eigenvalue weighted by atomic mass is 16.4. The van der Waals surface area contributed by atoms with Crippen molar-refractivity contribution >= 4 is 5.97 Å². The molecule has 1 N–H and O–H groups in total. The molecule has 0 heterocycles. The molecular formula is C13H22O2. The Morgan fingerprint density at radius 1 is 1.33 bits per heavy atom. The Hall–Kier alpha value is -0.790. The first-order valence-electron chi connectivity index (χ1n) is 6.18. The van der Waals surface area contributed by atoms with Gasteiger partial charge in [-0.1, -0.05) is 38.7 Å². The quantitative estimate of drug-likeness (QED) is 0.701. The van der Waals surface area contributed by atoms with Crippen LogP contribution in [-0.2, 0) is 4.79 Å². The van der Waals surface area contributed by atoms with Crippen LogP contribution in [0.3, 0.4) is 0 Å². The van der Waals surface area contributed by atoms with Crippen molar-refractivity contribution in [1.29, 1.82) is 0 Å². The number of aliphatic carboxylic acids is 1. The third-order valence-corrected chi connectivity index (χ3v) is 3.16. The van der Waals surface area contributed by atoms with E-state index < -0.39 is 5.97 Å². The number of hydrogen-bond donors (Lipinski definition) is 1. The summed E-state index contributed by atoms with van der Waals surface area (Å²) in [6.07, 6.45) is 11.0. The molecule has 0 aliphatic heterocycles. The first kappa shape index (κ1) is 12.3. The molecule has 0 aromatic rings. The maximum atomic E-state index is 11.0. The minimum absolute atomic E-state index is 0.529. The molecule has 15 heavy (non-hydrogen) atoms. The number of unbranched alkanes of at least 4 members (excludes halogenated alkanes) is 1. The molecule has 0 bridgehead atoms. The van der Waals surface area contributed by atoms with Gasteiger partial charge in [-0.25, -0.2) is 4.79 Å². The van der Waals surface area contributed by atoms with Gasteiger partial charge >= 0.3 is 5.97 Å². The summed E-state index contributed by atoms with van der Waals surface area (Å²) >= 11 is 0. The van der Waals surface area contributed by atoms with Crippen molar-refractivity contribution < 1.29 is 9.90 Å². The molecule has 0 atom stereocenters. The average molecular weight is 210 g/mol. The SMILES string of the molecule is CCCCC(=CC1CCCCC1)C(=O)O. The van der Waals surface area contributed by atoms with E-state index in [1.165, 1.54) is 32.1 Å². The monoisotopic (exact) mass is 210 g/mol. The molecule has 86 valence electrons. The van der Waals surface area contributed by atoms with Gasteiger partial charge in [-0.2, -0.15) is 0 Å². The average Bonchev–Trinajstić information content (AvgIpc) is 2.25. The highest BCUT2D eigenvalue weighted by Crippen LogP contribution is 2.26. The van der Waals surface area contributed by atoms with Crippen molar-refractivity contribution in [2.24, 2.45) is 5.92 Å². The van der Waals surface area contributed by atoms with Crippen molar-refractivity contribution in [3.8, 4) is 0 Å². The van der Waals surface area contributed by atoms with Gasteiger partial charge in [0.25, 0.3) is 0 Å². The van der Waals surface area contributed by atoms with E-state index in [4.69, 9.17) is 5.11 Å². The Morgan fingerprint density at radius 2 is 2.00 bits per heavy atom. The minimum atomic E-state index is -0.714. The Morgan fingerprint density at radius 3 is 2.53 bits per heavy atom. The lowest BCUT2D eigenvalue weighted by Crippen LogP contribution is -2.08. The van der Waals surface area contributed by atoms with Gasteiger partial charge in [-0.05, 0) is 31.6 Å². The fraction of sp³-hybridized carbons (Fsp3) is 0.769. The Balaban J connectivity index is 2.52. The van der Waals surface area contributed by atoms with E-state index in [-0.39, 0.29) is 0 Å². The van der Waals surface area contributed by atoms with E-state index in [1.54, 1.807) is 0 Å². The number of allylic oxidation sites excluding steroid dienone is 1. The van der Waals surface area contributed by atoms with E-state index in [1.807, 2.05) is 6.08 Å². The van der Waals surface area contributed by atoms with Crippen LogP contribution in [0.15, 0.2) is 11.6 Å². The topological polar surface area (TPSA) is 37.3 Å². The van der Waals surface area contributed by atoms with Gasteiger partial charge in [-0.15, -0.1) is 0 Å². The zero-order valence-corrected chi connectivity index (χ0v) is 9.67. The fourth-order valence-electron chi connectivity index (χ4n) is 2.21. The second-order valence-corrected chi connectivity index (χ2v) is 4.50. The van der Waals surface area contributed by atoms with Crippen LogP contribution in [0.2, 0.25) is 0 Å². The standard InChI is InChI=1S/C13H22O2/c1-2-3-9-12(13(14)15)10-11-7-5-4-6-8-11/h10-11H,2-9H2,1H3,(H,14,15). The summed E-state index contributed by atoms with van der Waals surface area (Å²) < 4.78 is 0. The fourth-order valence-corrected chi connectivity index (χ4v) is 2.21. The highest BCUT2D eigenvalue weighted by Gasteiger charge is 2.14. The molecule has 1 rings (SSSR count). The molecule has 1 aliphatic carbocycles. The third kappa shape index (κ3) is 4.50. The summed E-state index contributed by atoms with van der Waals surface area (Å²) in [7, 11) is 0. The van der Waals surface area contributed by atoms with Crippen LogP contribution >= 0.6 is 0 Å². The maximum Gasteiger partial charge on any atom is 0.331 e. The second kappa shape index (κ2) is 6.65. The van der Waals surface area contributed by atoms with E-state index in [0.717, 1.165) is 19.3 Å². The molecule has 0 unspecified atom stereocenters. The summed E-state index contributed by atoms with van der Waals surface area (Å²) in [4.78, 5) is 11.0. The van der Waals surface area contributed by atoms with Gasteiger partial charge in [0, 0.05) is 5.57 Å². The Labute approximate surface area is 92.4 Å². The van der Waals surface area contributed by atoms with E-state index in [0.29, 0.717) is 11.5 Å². The zero-order chi connectivity index (χ0) is 11.1. The first-order chi connectivity index (χ1) is 7.24. The number of carbonyl (C=O) groups is 1. The molecule has 0 amide bonds. The molecule has 0 radical (unpaired) electrons. The number of carboxylic acids is 1. The van der Waals surface area contributed by atoms with Gasteiger partial charge in [0.15, 0.2) is 0 Å². The van der Waals surface area contributed by atoms with Crippen LogP contribution in [0.1, 0.15) is 58.3 Å². The van der Waals surface area contributed by atoms with Crippen LogP contribution in [0.4, 0.5) is 0 Å². The van der Waals surface area contributed by atoms with Crippen LogP contribution in [-0.4, -0.2) is 11.1 Å². The lowest BCUT2D eigenvalue weighted by Gasteiger charge is -2.18. The predicted octanol–water partition coefficient (Wildman–Crippen LogP) is 3.77. The summed E-state index contributed by atoms with van der Waals surface area (Å²) in [6, 6.07) is 0. The molecule has 1 aliphatic rings. The zero-order valence-electron chi connectivity index (χ0n) is 9.67. The smallest absolute Gasteiger partial charge is 0.331 e. The van der Waals surface area contributed by atoms with Crippen molar-refractivity contribution in [2.75, 3.05) is 0 Å². The van der Waals surface area contributed by atoms with Crippen LogP contribution < -0.4 is 0 Å². The molecular weight excluding hydrogens is 188 g/mol. The number of rotatable bonds is 5. The molecule has 0 saturated heterocycles. The van der Waals surface area contributed by atoms with Gasteiger partial charge in [0.05, 0.1) is 0 Å². The predicted molar refractivity (Wildman–Crippen MR) is 61.8 cm³/mol. The summed E-state index contributed by atoms with van der Waals surface area (Å²) in [6.45, 7) is 2.10. The molecule has 1 fully saturated rings. The van der Waals surface area contributed by atoms with Gasteiger partial charge in [-0.3, -0.25) is 0 Å². The van der Waals surface area contributed by atoms with E-state index in [2.05, 4.69) is 6.92 Å². The first-order valence-corrected chi connectivity index (χ1v) is 6.18. The van der Waals surface area contributed by atoms with Crippen LogP contribution in [0.5, 0.6) is 0 Å². The highest BCUT2D eigenvalue weighted by molar-refractivity contribution is 5.86. The number of carboxylic acid groups (broad SMARTS) is 1. The minimum Gasteiger partial charge on any atom is -0.478 e. The summed E-state index contributed by atoms with van der Waals surface area (Å²) in [5, 5.41) is 9.06. The van der Waals surface area contributed by atoms with Crippen molar-refractivity contribution in [3.05, 3.63) is 11.6 Å². The molecule has 1 saturated carbocycles. The van der Waals surface area contributed by atoms with Crippen molar-refractivity contribution in [2.45, 2.75) is 58.3 Å². The van der Waals surface area contributed by atoms with Gasteiger partial charge in [0.2, 0.25) is 0 Å². The Bertz CT molecular complexity index is 225. The van der Waals surface area contributed by atoms with Crippen molar-refractivity contribution in [3.63, 3.8) is 0 Å². The van der Waals surface area contributed by atoms with Gasteiger partial charge < -0.3 is 5.11 Å². The summed E-state index contributed by atoms with van der Waals surface area (Å²) in [5.41, 5.74) is 0.642. The Kier molecular flexibility index (Phi) is 5.44. The lowest BCUT2D eigenvalue weighted by atomic mass is 9.87. The third-order valence-electron chi connectivity index (χ3n) is 3.16. The second-order valence-electron chi connectivity index (χ2n) is 4.50. The van der Waals surface area contributed by atoms with E-state index >= 15 is 0 Å². The maximum absolute atomic E-state index is 11.0. The van der Waals surface area contributed by atoms with Crippen LogP contribution in [0, 0.1) is 5.92 Å². The molecule has 2 heteroatoms. The molecule has 0 spiro atoms. The molecule has 2 nitrogen and oxygen atoms in total. The van der Waals surface area contributed by atoms with Crippen molar-refractivity contribution in [1.82, 2.24) is 0 Å². The lowest BCUT2D eigenvalue weighted by molar-refractivity contribution is -0.132. The summed E-state index contributed by atoms with van der Waals surface area (Å²) in [5.74, 6) is -0.185. The molecule has 0 aromatic carbocycles.